The van der Waals surface area contributed by atoms with E-state index in [4.69, 9.17) is 11.6 Å². The van der Waals surface area contributed by atoms with Gasteiger partial charge < -0.3 is 15.5 Å². The minimum Gasteiger partial charge on any atom is -0.504 e. The molecule has 0 saturated heterocycles. The van der Waals surface area contributed by atoms with E-state index in [-0.39, 0.29) is 29.7 Å². The van der Waals surface area contributed by atoms with Crippen LogP contribution in [0.15, 0.2) is 30.5 Å². The average molecular weight is 319 g/mol. The van der Waals surface area contributed by atoms with Gasteiger partial charge in [0.15, 0.2) is 17.3 Å². The van der Waals surface area contributed by atoms with E-state index in [2.05, 4.69) is 10.3 Å². The van der Waals surface area contributed by atoms with Crippen LogP contribution in [0.25, 0.3) is 11.1 Å². The topological polar surface area (TPSA) is 82.5 Å². The number of phenols is 2. The van der Waals surface area contributed by atoms with Crippen LogP contribution in [0.3, 0.4) is 0 Å². The third kappa shape index (κ3) is 3.14. The Balaban J connectivity index is 1.73. The third-order valence-electron chi connectivity index (χ3n) is 3.62. The van der Waals surface area contributed by atoms with Crippen LogP contribution < -0.4 is 5.32 Å². The highest BCUT2D eigenvalue weighted by Crippen LogP contribution is 2.37. The molecule has 1 aromatic heterocycles. The van der Waals surface area contributed by atoms with Crippen LogP contribution in [0.5, 0.6) is 11.5 Å². The van der Waals surface area contributed by atoms with E-state index in [9.17, 15) is 15.0 Å². The highest BCUT2D eigenvalue weighted by Gasteiger charge is 2.28. The molecule has 0 aliphatic heterocycles. The molecule has 0 bridgehead atoms. The Morgan fingerprint density at radius 1 is 1.27 bits per heavy atom. The van der Waals surface area contributed by atoms with Crippen molar-refractivity contribution >= 4 is 23.2 Å². The number of phenolic OH excluding ortho intramolecular Hbond substituents is 2. The number of hydrogen-bond acceptors (Lipinski definition) is 5. The maximum Gasteiger partial charge on any atom is 0.158 e. The Morgan fingerprint density at radius 3 is 2.64 bits per heavy atom. The van der Waals surface area contributed by atoms with Crippen molar-refractivity contribution in [2.45, 2.75) is 12.8 Å². The van der Waals surface area contributed by atoms with Gasteiger partial charge in [0.05, 0.1) is 11.6 Å². The molecular weight excluding hydrogens is 304 g/mol. The summed E-state index contributed by atoms with van der Waals surface area (Å²) in [6, 6.07) is 6.20. The average Bonchev–Trinajstić information content (AvgIpc) is 3.34. The van der Waals surface area contributed by atoms with E-state index in [0.717, 1.165) is 12.8 Å². The number of ketones is 1. The lowest BCUT2D eigenvalue weighted by Crippen LogP contribution is -2.15. The molecule has 0 atom stereocenters. The first-order valence-electron chi connectivity index (χ1n) is 6.99. The molecule has 1 fully saturated rings. The summed E-state index contributed by atoms with van der Waals surface area (Å²) in [6.07, 6.45) is 3.59. The number of pyridine rings is 1. The van der Waals surface area contributed by atoms with E-state index in [0.29, 0.717) is 22.0 Å². The smallest absolute Gasteiger partial charge is 0.158 e. The standard InChI is InChI=1S/C16H15ClN2O3/c17-12-6-14(21)13(20)5-11(12)10-3-4-16(18-7-10)19-8-15(22)9-1-2-9/h3-7,9,20-21H,1-2,8H2,(H,18,19). The minimum atomic E-state index is -0.265. The zero-order chi connectivity index (χ0) is 15.7. The van der Waals surface area contributed by atoms with Gasteiger partial charge in [-0.3, -0.25) is 4.79 Å². The molecule has 3 N–H and O–H groups in total. The fraction of sp³-hybridized carbons (Fsp3) is 0.250. The minimum absolute atomic E-state index is 0.220. The second kappa shape index (κ2) is 5.85. The molecule has 114 valence electrons. The molecule has 2 aromatic rings. The van der Waals surface area contributed by atoms with Crippen LogP contribution in [0.1, 0.15) is 12.8 Å². The van der Waals surface area contributed by atoms with Crippen molar-refractivity contribution in [1.29, 1.82) is 0 Å². The monoisotopic (exact) mass is 318 g/mol. The van der Waals surface area contributed by atoms with Gasteiger partial charge in [0, 0.05) is 29.3 Å². The number of carbonyl (C=O) groups excluding carboxylic acids is 1. The van der Waals surface area contributed by atoms with Crippen molar-refractivity contribution in [1.82, 2.24) is 4.98 Å². The Hall–Kier alpha value is -2.27. The molecule has 22 heavy (non-hydrogen) atoms. The Kier molecular flexibility index (Phi) is 3.90. The number of aromatic hydroxyl groups is 2. The SMILES string of the molecule is O=C(CNc1ccc(-c2cc(O)c(O)cc2Cl)cn1)C1CC1. The van der Waals surface area contributed by atoms with Crippen molar-refractivity contribution in [2.24, 2.45) is 5.92 Å². The maximum atomic E-state index is 11.6. The van der Waals surface area contributed by atoms with Gasteiger partial charge in [-0.15, -0.1) is 0 Å². The summed E-state index contributed by atoms with van der Waals surface area (Å²) in [5, 5.41) is 22.3. The molecule has 3 rings (SSSR count). The molecule has 0 spiro atoms. The Bertz CT molecular complexity index is 712. The highest BCUT2D eigenvalue weighted by atomic mass is 35.5. The van der Waals surface area contributed by atoms with Crippen LogP contribution in [-0.2, 0) is 4.79 Å². The van der Waals surface area contributed by atoms with Crippen molar-refractivity contribution in [3.05, 3.63) is 35.5 Å². The molecule has 0 unspecified atom stereocenters. The van der Waals surface area contributed by atoms with E-state index >= 15 is 0 Å². The number of benzene rings is 1. The van der Waals surface area contributed by atoms with E-state index in [1.54, 1.807) is 18.3 Å². The van der Waals surface area contributed by atoms with E-state index in [1.807, 2.05) is 0 Å². The van der Waals surface area contributed by atoms with Gasteiger partial charge in [-0.05, 0) is 31.0 Å². The van der Waals surface area contributed by atoms with Crippen LogP contribution in [-0.4, -0.2) is 27.5 Å². The third-order valence-corrected chi connectivity index (χ3v) is 3.93. The molecule has 1 aliphatic carbocycles. The van der Waals surface area contributed by atoms with Crippen molar-refractivity contribution < 1.29 is 15.0 Å². The van der Waals surface area contributed by atoms with Gasteiger partial charge in [-0.2, -0.15) is 0 Å². The summed E-state index contributed by atoms with van der Waals surface area (Å²) in [7, 11) is 0. The zero-order valence-corrected chi connectivity index (χ0v) is 12.5. The summed E-state index contributed by atoms with van der Waals surface area (Å²) >= 11 is 6.06. The van der Waals surface area contributed by atoms with Gasteiger partial charge in [0.25, 0.3) is 0 Å². The Labute approximate surface area is 132 Å². The first-order valence-corrected chi connectivity index (χ1v) is 7.37. The second-order valence-corrected chi connectivity index (χ2v) is 5.75. The summed E-state index contributed by atoms with van der Waals surface area (Å²) in [5.74, 6) is 0.551. The summed E-state index contributed by atoms with van der Waals surface area (Å²) in [6.45, 7) is 0.289. The van der Waals surface area contributed by atoms with Crippen LogP contribution in [0.4, 0.5) is 5.82 Å². The molecule has 0 radical (unpaired) electrons. The summed E-state index contributed by atoms with van der Waals surface area (Å²) in [4.78, 5) is 15.9. The van der Waals surface area contributed by atoms with Crippen molar-refractivity contribution in [2.75, 3.05) is 11.9 Å². The van der Waals surface area contributed by atoms with Gasteiger partial charge in [0.1, 0.15) is 5.82 Å². The lowest BCUT2D eigenvalue weighted by Gasteiger charge is -2.08. The van der Waals surface area contributed by atoms with Gasteiger partial charge in [-0.25, -0.2) is 4.98 Å². The second-order valence-electron chi connectivity index (χ2n) is 5.35. The summed E-state index contributed by atoms with van der Waals surface area (Å²) < 4.78 is 0. The van der Waals surface area contributed by atoms with E-state index < -0.39 is 0 Å². The Morgan fingerprint density at radius 2 is 2.00 bits per heavy atom. The maximum absolute atomic E-state index is 11.6. The van der Waals surface area contributed by atoms with Crippen molar-refractivity contribution in [3.63, 3.8) is 0 Å². The predicted octanol–water partition coefficient (Wildman–Crippen LogP) is 3.20. The molecule has 1 aromatic carbocycles. The number of Topliss-reactive ketones (excluding diaryl/α,β-unsaturated/α-hetero) is 1. The quantitative estimate of drug-likeness (QED) is 0.737. The molecule has 5 nitrogen and oxygen atoms in total. The van der Waals surface area contributed by atoms with Crippen molar-refractivity contribution in [3.8, 4) is 22.6 Å². The number of carbonyl (C=O) groups is 1. The first-order chi connectivity index (χ1) is 10.5. The fourth-order valence-electron chi connectivity index (χ4n) is 2.16. The fourth-order valence-corrected chi connectivity index (χ4v) is 2.42. The number of halogens is 1. The number of aromatic nitrogens is 1. The molecule has 1 heterocycles. The lowest BCUT2D eigenvalue weighted by atomic mass is 10.1. The van der Waals surface area contributed by atoms with E-state index in [1.165, 1.54) is 12.1 Å². The normalized spacial score (nSPS) is 13.9. The molecule has 0 amide bonds. The first kappa shape index (κ1) is 14.7. The van der Waals surface area contributed by atoms with Crippen LogP contribution in [0.2, 0.25) is 5.02 Å². The van der Waals surface area contributed by atoms with Gasteiger partial charge >= 0.3 is 0 Å². The molecule has 6 heteroatoms. The lowest BCUT2D eigenvalue weighted by molar-refractivity contribution is -0.118. The molecular formula is C16H15ClN2O3. The number of rotatable bonds is 5. The molecule has 1 saturated carbocycles. The zero-order valence-electron chi connectivity index (χ0n) is 11.7. The number of anilines is 1. The predicted molar refractivity (Wildman–Crippen MR) is 84.2 cm³/mol. The van der Waals surface area contributed by atoms with Gasteiger partial charge in [0.2, 0.25) is 0 Å². The summed E-state index contributed by atoms with van der Waals surface area (Å²) in [5.41, 5.74) is 1.28. The van der Waals surface area contributed by atoms with Crippen LogP contribution >= 0.6 is 11.6 Å². The van der Waals surface area contributed by atoms with Crippen LogP contribution in [0, 0.1) is 5.92 Å². The number of hydrogen-bond donors (Lipinski definition) is 3. The van der Waals surface area contributed by atoms with Gasteiger partial charge in [-0.1, -0.05) is 11.6 Å². The highest BCUT2D eigenvalue weighted by molar-refractivity contribution is 6.33. The molecule has 1 aliphatic rings. The number of nitrogens with zero attached hydrogens (tertiary/aromatic N) is 1. The largest absolute Gasteiger partial charge is 0.504 e. The number of nitrogens with one attached hydrogen (secondary N) is 1.